The van der Waals surface area contributed by atoms with Crippen molar-refractivity contribution < 1.29 is 13.9 Å². The van der Waals surface area contributed by atoms with E-state index in [2.05, 4.69) is 0 Å². The van der Waals surface area contributed by atoms with E-state index in [0.717, 1.165) is 5.56 Å². The van der Waals surface area contributed by atoms with Gasteiger partial charge in [-0.15, -0.1) is 0 Å². The van der Waals surface area contributed by atoms with Gasteiger partial charge in [-0.1, -0.05) is 11.6 Å². The molecule has 1 aromatic heterocycles. The Kier molecular flexibility index (Phi) is 3.20. The molecule has 0 saturated heterocycles. The zero-order chi connectivity index (χ0) is 12.4. The lowest BCUT2D eigenvalue weighted by molar-refractivity contribution is 0.101. The van der Waals surface area contributed by atoms with Crippen molar-refractivity contribution in [3.8, 4) is 5.75 Å². The van der Waals surface area contributed by atoms with Gasteiger partial charge >= 0.3 is 0 Å². The Bertz CT molecular complexity index is 558. The van der Waals surface area contributed by atoms with Gasteiger partial charge in [-0.25, -0.2) is 0 Å². The number of methoxy groups -OCH3 is 1. The van der Waals surface area contributed by atoms with Crippen molar-refractivity contribution >= 4 is 17.4 Å². The molecule has 0 fully saturated rings. The summed E-state index contributed by atoms with van der Waals surface area (Å²) in [5.41, 5.74) is 1.29. The summed E-state index contributed by atoms with van der Waals surface area (Å²) in [4.78, 5) is 12.1. The number of furan rings is 1. The SMILES string of the molecule is COc1ccc(C(=O)c2occc2C)cc1Cl. The van der Waals surface area contributed by atoms with Gasteiger partial charge in [0.05, 0.1) is 18.4 Å². The Morgan fingerprint density at radius 3 is 2.65 bits per heavy atom. The maximum absolute atomic E-state index is 12.1. The molecule has 88 valence electrons. The summed E-state index contributed by atoms with van der Waals surface area (Å²) < 4.78 is 10.2. The molecule has 1 heterocycles. The number of benzene rings is 1. The molecule has 0 saturated carbocycles. The molecule has 0 spiro atoms. The molecule has 0 aliphatic carbocycles. The predicted molar refractivity (Wildman–Crippen MR) is 64.9 cm³/mol. The molecule has 0 radical (unpaired) electrons. The smallest absolute Gasteiger partial charge is 0.228 e. The van der Waals surface area contributed by atoms with Crippen LogP contribution in [0.25, 0.3) is 0 Å². The fourth-order valence-electron chi connectivity index (χ4n) is 1.54. The summed E-state index contributed by atoms with van der Waals surface area (Å²) in [6.07, 6.45) is 1.49. The van der Waals surface area contributed by atoms with Crippen molar-refractivity contribution in [1.29, 1.82) is 0 Å². The third kappa shape index (κ3) is 2.19. The second-order valence-corrected chi connectivity index (χ2v) is 4.02. The monoisotopic (exact) mass is 250 g/mol. The van der Waals surface area contributed by atoms with Gasteiger partial charge in [-0.05, 0) is 36.8 Å². The third-order valence-corrected chi connectivity index (χ3v) is 2.78. The summed E-state index contributed by atoms with van der Waals surface area (Å²) >= 11 is 5.97. The lowest BCUT2D eigenvalue weighted by atomic mass is 10.1. The molecule has 2 aromatic rings. The van der Waals surface area contributed by atoms with Crippen molar-refractivity contribution in [2.45, 2.75) is 6.92 Å². The molecule has 17 heavy (non-hydrogen) atoms. The van der Waals surface area contributed by atoms with Crippen molar-refractivity contribution in [1.82, 2.24) is 0 Å². The fraction of sp³-hybridized carbons (Fsp3) is 0.154. The predicted octanol–water partition coefficient (Wildman–Crippen LogP) is 3.48. The van der Waals surface area contributed by atoms with Crippen molar-refractivity contribution in [3.63, 3.8) is 0 Å². The number of rotatable bonds is 3. The van der Waals surface area contributed by atoms with Gasteiger partial charge in [0, 0.05) is 5.56 Å². The molecule has 0 N–H and O–H groups in total. The number of hydrogen-bond donors (Lipinski definition) is 0. The first-order valence-corrected chi connectivity index (χ1v) is 5.43. The van der Waals surface area contributed by atoms with Crippen LogP contribution in [0.4, 0.5) is 0 Å². The molecule has 0 unspecified atom stereocenters. The molecule has 0 bridgehead atoms. The van der Waals surface area contributed by atoms with Gasteiger partial charge in [0.25, 0.3) is 0 Å². The summed E-state index contributed by atoms with van der Waals surface area (Å²) in [6, 6.07) is 6.64. The maximum atomic E-state index is 12.1. The van der Waals surface area contributed by atoms with Gasteiger partial charge in [-0.2, -0.15) is 0 Å². The molecular weight excluding hydrogens is 240 g/mol. The van der Waals surface area contributed by atoms with Crippen LogP contribution >= 0.6 is 11.6 Å². The molecule has 0 aliphatic heterocycles. The van der Waals surface area contributed by atoms with Crippen molar-refractivity contribution in [2.24, 2.45) is 0 Å². The van der Waals surface area contributed by atoms with Crippen LogP contribution < -0.4 is 4.74 Å². The first-order chi connectivity index (χ1) is 8.13. The van der Waals surface area contributed by atoms with E-state index >= 15 is 0 Å². The fourth-order valence-corrected chi connectivity index (χ4v) is 1.80. The van der Waals surface area contributed by atoms with Crippen LogP contribution in [-0.4, -0.2) is 12.9 Å². The van der Waals surface area contributed by atoms with Gasteiger partial charge in [0.2, 0.25) is 5.78 Å². The van der Waals surface area contributed by atoms with Gasteiger partial charge in [0.15, 0.2) is 5.76 Å². The average Bonchev–Trinajstić information content (AvgIpc) is 2.74. The van der Waals surface area contributed by atoms with E-state index in [1.54, 1.807) is 24.3 Å². The molecular formula is C13H11ClO3. The van der Waals surface area contributed by atoms with Gasteiger partial charge in [-0.3, -0.25) is 4.79 Å². The molecule has 0 amide bonds. The zero-order valence-electron chi connectivity index (χ0n) is 9.49. The standard InChI is InChI=1S/C13H11ClO3/c1-8-5-6-17-13(8)12(15)9-3-4-11(16-2)10(14)7-9/h3-7H,1-2H3. The number of aryl methyl sites for hydroxylation is 1. The Morgan fingerprint density at radius 2 is 2.12 bits per heavy atom. The van der Waals surface area contributed by atoms with E-state index in [1.165, 1.54) is 13.4 Å². The minimum Gasteiger partial charge on any atom is -0.495 e. The highest BCUT2D eigenvalue weighted by Crippen LogP contribution is 2.26. The average molecular weight is 251 g/mol. The Hall–Kier alpha value is -1.74. The highest BCUT2D eigenvalue weighted by Gasteiger charge is 2.16. The lowest BCUT2D eigenvalue weighted by Gasteiger charge is -2.04. The van der Waals surface area contributed by atoms with E-state index in [0.29, 0.717) is 22.1 Å². The molecule has 4 heteroatoms. The van der Waals surface area contributed by atoms with Crippen LogP contribution in [0.1, 0.15) is 21.7 Å². The second-order valence-electron chi connectivity index (χ2n) is 3.61. The van der Waals surface area contributed by atoms with Crippen LogP contribution in [0.15, 0.2) is 34.9 Å². The minimum absolute atomic E-state index is 0.183. The minimum atomic E-state index is -0.183. The van der Waals surface area contributed by atoms with Crippen LogP contribution in [-0.2, 0) is 0 Å². The highest BCUT2D eigenvalue weighted by atomic mass is 35.5. The van der Waals surface area contributed by atoms with E-state index in [-0.39, 0.29) is 5.78 Å². The van der Waals surface area contributed by atoms with E-state index < -0.39 is 0 Å². The summed E-state index contributed by atoms with van der Waals surface area (Å²) in [6.45, 7) is 1.82. The summed E-state index contributed by atoms with van der Waals surface area (Å²) in [5, 5.41) is 0.405. The first kappa shape index (κ1) is 11.7. The van der Waals surface area contributed by atoms with Crippen LogP contribution in [0.3, 0.4) is 0 Å². The van der Waals surface area contributed by atoms with E-state index in [4.69, 9.17) is 20.8 Å². The number of halogens is 1. The second kappa shape index (κ2) is 4.63. The van der Waals surface area contributed by atoms with Gasteiger partial charge in [0.1, 0.15) is 5.75 Å². The molecule has 2 rings (SSSR count). The summed E-state index contributed by atoms with van der Waals surface area (Å²) in [5.74, 6) is 0.697. The molecule has 1 aromatic carbocycles. The highest BCUT2D eigenvalue weighted by molar-refractivity contribution is 6.32. The number of carbonyl (C=O) groups is 1. The van der Waals surface area contributed by atoms with E-state index in [1.807, 2.05) is 6.92 Å². The number of hydrogen-bond acceptors (Lipinski definition) is 3. The van der Waals surface area contributed by atoms with Crippen LogP contribution in [0, 0.1) is 6.92 Å². The molecule has 0 atom stereocenters. The number of ketones is 1. The van der Waals surface area contributed by atoms with Crippen LogP contribution in [0.5, 0.6) is 5.75 Å². The first-order valence-electron chi connectivity index (χ1n) is 5.06. The Balaban J connectivity index is 2.39. The zero-order valence-corrected chi connectivity index (χ0v) is 10.2. The normalized spacial score (nSPS) is 10.3. The van der Waals surface area contributed by atoms with Crippen LogP contribution in [0.2, 0.25) is 5.02 Å². The molecule has 0 aliphatic rings. The van der Waals surface area contributed by atoms with Gasteiger partial charge < -0.3 is 9.15 Å². The molecule has 3 nitrogen and oxygen atoms in total. The van der Waals surface area contributed by atoms with E-state index in [9.17, 15) is 4.79 Å². The number of carbonyl (C=O) groups excluding carboxylic acids is 1. The largest absolute Gasteiger partial charge is 0.495 e. The lowest BCUT2D eigenvalue weighted by Crippen LogP contribution is -2.01. The van der Waals surface area contributed by atoms with Crippen molar-refractivity contribution in [3.05, 3.63) is 52.4 Å². The third-order valence-electron chi connectivity index (χ3n) is 2.48. The van der Waals surface area contributed by atoms with Crippen molar-refractivity contribution in [2.75, 3.05) is 7.11 Å². The topological polar surface area (TPSA) is 39.4 Å². The number of ether oxygens (including phenoxy) is 1. The maximum Gasteiger partial charge on any atom is 0.228 e. The quantitative estimate of drug-likeness (QED) is 0.783. The Labute approximate surface area is 104 Å². The Morgan fingerprint density at radius 1 is 1.35 bits per heavy atom. The summed E-state index contributed by atoms with van der Waals surface area (Å²) in [7, 11) is 1.53.